The van der Waals surface area contributed by atoms with Gasteiger partial charge < -0.3 is 0 Å². The zero-order valence-electron chi connectivity index (χ0n) is 14.3. The Labute approximate surface area is 154 Å². The van der Waals surface area contributed by atoms with Gasteiger partial charge >= 0.3 is 0 Å². The molecule has 0 saturated carbocycles. The number of benzene rings is 1. The molecule has 0 N–H and O–H groups in total. The van der Waals surface area contributed by atoms with Gasteiger partial charge in [0.1, 0.15) is 6.23 Å². The van der Waals surface area contributed by atoms with E-state index in [0.29, 0.717) is 5.56 Å². The van der Waals surface area contributed by atoms with E-state index in [1.807, 2.05) is 0 Å². The Balaban J connectivity index is 2.28. The number of rotatable bonds is 8. The van der Waals surface area contributed by atoms with Gasteiger partial charge in [0, 0.05) is 13.0 Å². The van der Waals surface area contributed by atoms with Crippen LogP contribution in [0.3, 0.4) is 0 Å². The highest BCUT2D eigenvalue weighted by molar-refractivity contribution is 7.88. The summed E-state index contributed by atoms with van der Waals surface area (Å²) in [6.07, 6.45) is -1.74. The van der Waals surface area contributed by atoms with Crippen LogP contribution in [-0.2, 0) is 44.4 Å². The lowest BCUT2D eigenvalue weighted by atomic mass is 10.2. The van der Waals surface area contributed by atoms with E-state index in [9.17, 15) is 25.3 Å². The van der Waals surface area contributed by atoms with Gasteiger partial charge in [0.25, 0.3) is 20.2 Å². The van der Waals surface area contributed by atoms with Crippen LogP contribution in [0.25, 0.3) is 0 Å². The molecule has 26 heavy (non-hydrogen) atoms. The van der Waals surface area contributed by atoms with E-state index in [0.717, 1.165) is 10.6 Å². The third kappa shape index (κ3) is 5.99. The van der Waals surface area contributed by atoms with Gasteiger partial charge in [-0.1, -0.05) is 30.3 Å². The van der Waals surface area contributed by atoms with Gasteiger partial charge in [0.15, 0.2) is 0 Å². The maximum atomic E-state index is 12.7. The molecule has 1 heterocycles. The summed E-state index contributed by atoms with van der Waals surface area (Å²) < 4.78 is 82.4. The monoisotopic (exact) mass is 427 g/mol. The summed E-state index contributed by atoms with van der Waals surface area (Å²) in [4.78, 5) is 0. The molecular weight excluding hydrogens is 406 g/mol. The molecule has 12 heteroatoms. The first-order valence-corrected chi connectivity index (χ1v) is 12.7. The highest BCUT2D eigenvalue weighted by atomic mass is 32.2. The van der Waals surface area contributed by atoms with Crippen LogP contribution in [0.5, 0.6) is 0 Å². The van der Waals surface area contributed by atoms with Crippen LogP contribution in [0.2, 0.25) is 0 Å². The third-order valence-corrected chi connectivity index (χ3v) is 7.28. The minimum absolute atomic E-state index is 0.208. The first-order chi connectivity index (χ1) is 11.9. The molecular formula is C14H21NO8S3. The van der Waals surface area contributed by atoms with E-state index in [-0.39, 0.29) is 24.5 Å². The van der Waals surface area contributed by atoms with Crippen molar-refractivity contribution >= 4 is 30.3 Å². The van der Waals surface area contributed by atoms with Gasteiger partial charge in [-0.25, -0.2) is 12.6 Å². The zero-order valence-corrected chi connectivity index (χ0v) is 16.8. The summed E-state index contributed by atoms with van der Waals surface area (Å²) in [5.41, 5.74) is 0.511. The van der Waals surface area contributed by atoms with Crippen LogP contribution in [-0.4, -0.2) is 60.4 Å². The van der Waals surface area contributed by atoms with Crippen LogP contribution in [0.1, 0.15) is 18.9 Å². The van der Waals surface area contributed by atoms with Crippen molar-refractivity contribution in [3.05, 3.63) is 35.9 Å². The minimum atomic E-state index is -3.96. The Morgan fingerprint density at radius 3 is 2.19 bits per heavy atom. The molecule has 148 valence electrons. The van der Waals surface area contributed by atoms with Gasteiger partial charge in [0.2, 0.25) is 10.0 Å². The predicted molar refractivity (Wildman–Crippen MR) is 94.4 cm³/mol. The molecule has 0 unspecified atom stereocenters. The second-order valence-corrected chi connectivity index (χ2v) is 11.3. The summed E-state index contributed by atoms with van der Waals surface area (Å²) >= 11 is 0. The van der Waals surface area contributed by atoms with E-state index in [4.69, 9.17) is 8.37 Å². The molecule has 0 spiro atoms. The van der Waals surface area contributed by atoms with E-state index in [2.05, 4.69) is 0 Å². The first-order valence-electron chi connectivity index (χ1n) is 7.74. The summed E-state index contributed by atoms with van der Waals surface area (Å²) in [5.74, 6) is -0.709. The first kappa shape index (κ1) is 21.3. The number of hydrogen-bond donors (Lipinski definition) is 0. The highest BCUT2D eigenvalue weighted by Gasteiger charge is 2.43. The van der Waals surface area contributed by atoms with Crippen molar-refractivity contribution in [1.82, 2.24) is 4.31 Å². The predicted octanol–water partition coefficient (Wildman–Crippen LogP) is 0.259. The second kappa shape index (κ2) is 7.90. The van der Waals surface area contributed by atoms with Crippen molar-refractivity contribution in [1.29, 1.82) is 0 Å². The van der Waals surface area contributed by atoms with Crippen molar-refractivity contribution in [2.45, 2.75) is 31.4 Å². The van der Waals surface area contributed by atoms with Gasteiger partial charge in [-0.2, -0.15) is 21.1 Å². The lowest BCUT2D eigenvalue weighted by Crippen LogP contribution is -2.39. The number of sulfonamides is 1. The third-order valence-electron chi connectivity index (χ3n) is 3.64. The lowest BCUT2D eigenvalue weighted by molar-refractivity contribution is 0.125. The Bertz CT molecular complexity index is 926. The molecule has 1 aliphatic rings. The van der Waals surface area contributed by atoms with Gasteiger partial charge in [0.05, 0.1) is 23.9 Å². The van der Waals surface area contributed by atoms with Crippen molar-refractivity contribution < 1.29 is 33.6 Å². The number of nitrogens with zero attached hydrogens (tertiary/aromatic N) is 1. The molecule has 2 rings (SSSR count). The summed E-state index contributed by atoms with van der Waals surface area (Å²) in [5, 5.41) is 0. The molecule has 1 aromatic rings. The normalized spacial score (nSPS) is 22.5. The van der Waals surface area contributed by atoms with Crippen LogP contribution in [0.15, 0.2) is 30.3 Å². The smallest absolute Gasteiger partial charge is 0.265 e. The van der Waals surface area contributed by atoms with Gasteiger partial charge in [-0.3, -0.25) is 4.18 Å². The largest absolute Gasteiger partial charge is 0.268 e. The van der Waals surface area contributed by atoms with Crippen LogP contribution >= 0.6 is 0 Å². The molecule has 1 saturated heterocycles. The fourth-order valence-corrected chi connectivity index (χ4v) is 5.54. The standard InChI is InChI=1S/C14H21NO8S3/c1-3-26(20,21)23-14-9-13(22-24(2,16)17)10-15(14)25(18,19)11-12-7-5-4-6-8-12/h4-8,13-14H,3,9-11H2,1-2H3/t13-,14+/m1/s1. The molecule has 0 bridgehead atoms. The molecule has 0 aliphatic carbocycles. The topological polar surface area (TPSA) is 124 Å². The molecule has 1 aliphatic heterocycles. The van der Waals surface area contributed by atoms with Crippen LogP contribution in [0, 0.1) is 0 Å². The molecule has 0 amide bonds. The number of hydrogen-bond acceptors (Lipinski definition) is 8. The van der Waals surface area contributed by atoms with Gasteiger partial charge in [-0.05, 0) is 12.5 Å². The van der Waals surface area contributed by atoms with E-state index < -0.39 is 42.6 Å². The quantitative estimate of drug-likeness (QED) is 0.541. The molecule has 1 fully saturated rings. The Kier molecular flexibility index (Phi) is 6.46. The molecule has 2 atom stereocenters. The zero-order chi connectivity index (χ0) is 19.6. The summed E-state index contributed by atoms with van der Waals surface area (Å²) in [6, 6.07) is 8.34. The summed E-state index contributed by atoms with van der Waals surface area (Å²) in [7, 11) is -11.7. The maximum absolute atomic E-state index is 12.7. The fraction of sp³-hybridized carbons (Fsp3) is 0.571. The summed E-state index contributed by atoms with van der Waals surface area (Å²) in [6.45, 7) is 1.05. The van der Waals surface area contributed by atoms with Crippen molar-refractivity contribution in [3.63, 3.8) is 0 Å². The Morgan fingerprint density at radius 1 is 1.04 bits per heavy atom. The van der Waals surface area contributed by atoms with E-state index in [1.165, 1.54) is 6.92 Å². The average Bonchev–Trinajstić information content (AvgIpc) is 2.88. The second-order valence-electron chi connectivity index (χ2n) is 5.87. The van der Waals surface area contributed by atoms with Crippen LogP contribution in [0.4, 0.5) is 0 Å². The Morgan fingerprint density at radius 2 is 1.65 bits per heavy atom. The minimum Gasteiger partial charge on any atom is -0.265 e. The van der Waals surface area contributed by atoms with Crippen molar-refractivity contribution in [2.24, 2.45) is 0 Å². The van der Waals surface area contributed by atoms with Gasteiger partial charge in [-0.15, -0.1) is 0 Å². The fourth-order valence-electron chi connectivity index (χ4n) is 2.54. The van der Waals surface area contributed by atoms with Crippen molar-refractivity contribution in [3.8, 4) is 0 Å². The molecule has 9 nitrogen and oxygen atoms in total. The SMILES string of the molecule is CCS(=O)(=O)O[C@H]1C[C@@H](OS(C)(=O)=O)CN1S(=O)(=O)Cc1ccccc1. The van der Waals surface area contributed by atoms with E-state index in [1.54, 1.807) is 30.3 Å². The Hall–Kier alpha value is -1.05. The van der Waals surface area contributed by atoms with Crippen LogP contribution < -0.4 is 0 Å². The highest BCUT2D eigenvalue weighted by Crippen LogP contribution is 2.28. The molecule has 1 aromatic carbocycles. The van der Waals surface area contributed by atoms with E-state index >= 15 is 0 Å². The maximum Gasteiger partial charge on any atom is 0.268 e. The lowest BCUT2D eigenvalue weighted by Gasteiger charge is -2.23. The molecule has 0 radical (unpaired) electrons. The molecule has 0 aromatic heterocycles. The average molecular weight is 428 g/mol. The van der Waals surface area contributed by atoms with Crippen molar-refractivity contribution in [2.75, 3.05) is 18.6 Å².